The van der Waals surface area contributed by atoms with Gasteiger partial charge in [0, 0.05) is 32.6 Å². The summed E-state index contributed by atoms with van der Waals surface area (Å²) in [4.78, 5) is 21.9. The van der Waals surface area contributed by atoms with E-state index in [1.165, 1.54) is 18.2 Å². The summed E-state index contributed by atoms with van der Waals surface area (Å²) in [5.41, 5.74) is -0.575. The third-order valence-electron chi connectivity index (χ3n) is 5.90. The highest BCUT2D eigenvalue weighted by Crippen LogP contribution is 2.31. The van der Waals surface area contributed by atoms with Gasteiger partial charge in [-0.1, -0.05) is 12.1 Å². The molecule has 1 aliphatic rings. The molecule has 1 aromatic carbocycles. The lowest BCUT2D eigenvalue weighted by Gasteiger charge is -2.39. The molecular weight excluding hydrogens is 454 g/mol. The Morgan fingerprint density at radius 2 is 2.00 bits per heavy atom. The van der Waals surface area contributed by atoms with Crippen LogP contribution in [0, 0.1) is 5.82 Å². The lowest BCUT2D eigenvalue weighted by molar-refractivity contribution is -0.146. The normalized spacial score (nSPS) is 18.9. The molecule has 0 aliphatic carbocycles. The summed E-state index contributed by atoms with van der Waals surface area (Å²) in [7, 11) is 0. The molecule has 3 heterocycles. The van der Waals surface area contributed by atoms with E-state index in [2.05, 4.69) is 15.3 Å². The number of carbonyl (C=O) groups excluding carboxylic acids is 1. The molecule has 2 aromatic heterocycles. The third kappa shape index (κ3) is 5.46. The van der Waals surface area contributed by atoms with Crippen molar-refractivity contribution in [3.8, 4) is 0 Å². The van der Waals surface area contributed by atoms with Gasteiger partial charge >= 0.3 is 6.18 Å². The van der Waals surface area contributed by atoms with Crippen molar-refractivity contribution in [3.05, 3.63) is 54.2 Å². The average molecular weight is 479 g/mol. The number of anilines is 1. The number of aromatic nitrogens is 3. The summed E-state index contributed by atoms with van der Waals surface area (Å²) in [5.74, 6) is -1.25. The van der Waals surface area contributed by atoms with E-state index in [1.54, 1.807) is 18.2 Å². The molecule has 0 bridgehead atoms. The SMILES string of the molecule is O=C(CCCn1c(C(F)(F)F)nc2ccccc21)NCC1(O)CCCN(c2ccc(F)cn2)C1. The quantitative estimate of drug-likeness (QED) is 0.507. The van der Waals surface area contributed by atoms with Gasteiger partial charge in [-0.25, -0.2) is 14.4 Å². The molecule has 2 N–H and O–H groups in total. The lowest BCUT2D eigenvalue weighted by Crippen LogP contribution is -2.54. The van der Waals surface area contributed by atoms with Gasteiger partial charge in [0.1, 0.15) is 11.6 Å². The number of amides is 1. The minimum absolute atomic E-state index is 0.00309. The summed E-state index contributed by atoms with van der Waals surface area (Å²) >= 11 is 0. The van der Waals surface area contributed by atoms with E-state index in [0.29, 0.717) is 30.7 Å². The van der Waals surface area contributed by atoms with Gasteiger partial charge in [0.15, 0.2) is 0 Å². The van der Waals surface area contributed by atoms with Crippen LogP contribution in [0.25, 0.3) is 11.0 Å². The van der Waals surface area contributed by atoms with Gasteiger partial charge in [-0.05, 0) is 43.5 Å². The number of pyridine rings is 1. The molecule has 1 amide bonds. The number of piperidine rings is 1. The second-order valence-electron chi connectivity index (χ2n) is 8.54. The molecule has 1 fully saturated rings. The van der Waals surface area contributed by atoms with Gasteiger partial charge in [-0.2, -0.15) is 13.2 Å². The number of β-amino-alcohol motifs (C(OH)–C–C–N with tert-alkyl or cyclic N) is 1. The van der Waals surface area contributed by atoms with Crippen LogP contribution in [0.15, 0.2) is 42.6 Å². The number of halogens is 4. The first-order valence-electron chi connectivity index (χ1n) is 11.0. The zero-order valence-electron chi connectivity index (χ0n) is 18.4. The second kappa shape index (κ2) is 9.57. The van der Waals surface area contributed by atoms with E-state index in [0.717, 1.165) is 10.8 Å². The number of hydrogen-bond donors (Lipinski definition) is 2. The number of imidazole rings is 1. The topological polar surface area (TPSA) is 83.3 Å². The number of aryl methyl sites for hydroxylation is 1. The van der Waals surface area contributed by atoms with Crippen LogP contribution < -0.4 is 10.2 Å². The molecule has 1 saturated heterocycles. The van der Waals surface area contributed by atoms with E-state index < -0.39 is 23.4 Å². The number of aliphatic hydroxyl groups is 1. The van der Waals surface area contributed by atoms with Crippen LogP contribution in [0.1, 0.15) is 31.5 Å². The number of nitrogens with one attached hydrogen (secondary N) is 1. The van der Waals surface area contributed by atoms with Crippen LogP contribution in [0.3, 0.4) is 0 Å². The fraction of sp³-hybridized carbons (Fsp3) is 0.435. The molecule has 4 rings (SSSR count). The highest BCUT2D eigenvalue weighted by molar-refractivity contribution is 5.77. The van der Waals surface area contributed by atoms with Gasteiger partial charge in [0.25, 0.3) is 0 Å². The van der Waals surface area contributed by atoms with Crippen LogP contribution in [-0.2, 0) is 17.5 Å². The van der Waals surface area contributed by atoms with Crippen molar-refractivity contribution in [2.75, 3.05) is 24.5 Å². The Morgan fingerprint density at radius 1 is 1.21 bits per heavy atom. The molecule has 182 valence electrons. The van der Waals surface area contributed by atoms with Crippen molar-refractivity contribution in [2.24, 2.45) is 0 Å². The Kier molecular flexibility index (Phi) is 6.74. The predicted octanol–water partition coefficient (Wildman–Crippen LogP) is 3.52. The molecule has 1 atom stereocenters. The maximum absolute atomic E-state index is 13.4. The summed E-state index contributed by atoms with van der Waals surface area (Å²) < 4.78 is 54.4. The predicted molar refractivity (Wildman–Crippen MR) is 118 cm³/mol. The van der Waals surface area contributed by atoms with E-state index in [-0.39, 0.29) is 43.9 Å². The molecule has 0 saturated carbocycles. The Bertz CT molecular complexity index is 1150. The highest BCUT2D eigenvalue weighted by atomic mass is 19.4. The number of nitrogens with zero attached hydrogens (tertiary/aromatic N) is 4. The molecule has 7 nitrogen and oxygen atoms in total. The first kappa shape index (κ1) is 23.9. The average Bonchev–Trinajstić information content (AvgIpc) is 3.18. The molecule has 0 spiro atoms. The van der Waals surface area contributed by atoms with Crippen molar-refractivity contribution in [3.63, 3.8) is 0 Å². The van der Waals surface area contributed by atoms with Crippen molar-refractivity contribution < 1.29 is 27.5 Å². The Labute approximate surface area is 193 Å². The van der Waals surface area contributed by atoms with Crippen LogP contribution in [0.4, 0.5) is 23.4 Å². The Hall–Kier alpha value is -3.21. The van der Waals surface area contributed by atoms with E-state index >= 15 is 0 Å². The summed E-state index contributed by atoms with van der Waals surface area (Å²) in [6.07, 6.45) is -2.17. The van der Waals surface area contributed by atoms with Gasteiger partial charge < -0.3 is 19.9 Å². The van der Waals surface area contributed by atoms with Crippen LogP contribution in [0.5, 0.6) is 0 Å². The number of fused-ring (bicyclic) bond motifs is 1. The van der Waals surface area contributed by atoms with E-state index in [4.69, 9.17) is 0 Å². The minimum atomic E-state index is -4.60. The van der Waals surface area contributed by atoms with Crippen molar-refractivity contribution in [1.82, 2.24) is 19.9 Å². The summed E-state index contributed by atoms with van der Waals surface area (Å²) in [6.45, 7) is 0.861. The fourth-order valence-electron chi connectivity index (χ4n) is 4.27. The molecule has 34 heavy (non-hydrogen) atoms. The fourth-order valence-corrected chi connectivity index (χ4v) is 4.27. The van der Waals surface area contributed by atoms with Crippen molar-refractivity contribution in [2.45, 2.75) is 44.0 Å². The molecule has 0 radical (unpaired) electrons. The standard InChI is InChI=1S/C23H25F4N5O2/c24-16-8-9-19(28-13-16)31-11-4-10-22(34,15-31)14-29-20(33)7-3-12-32-18-6-2-1-5-17(18)30-21(32)23(25,26)27/h1-2,5-6,8-9,13,34H,3-4,7,10-12,14-15H2,(H,29,33). The van der Waals surface area contributed by atoms with Gasteiger partial charge in [0.05, 0.1) is 22.8 Å². The van der Waals surface area contributed by atoms with E-state index in [1.807, 2.05) is 4.90 Å². The largest absolute Gasteiger partial charge is 0.449 e. The summed E-state index contributed by atoms with van der Waals surface area (Å²) in [6, 6.07) is 9.18. The summed E-state index contributed by atoms with van der Waals surface area (Å²) in [5, 5.41) is 13.6. The zero-order chi connectivity index (χ0) is 24.3. The maximum Gasteiger partial charge on any atom is 0.449 e. The molecule has 11 heteroatoms. The monoisotopic (exact) mass is 479 g/mol. The van der Waals surface area contributed by atoms with Crippen LogP contribution >= 0.6 is 0 Å². The molecule has 1 aliphatic heterocycles. The minimum Gasteiger partial charge on any atom is -0.386 e. The number of hydrogen-bond acceptors (Lipinski definition) is 5. The number of carbonyl (C=O) groups is 1. The lowest BCUT2D eigenvalue weighted by atomic mass is 9.92. The maximum atomic E-state index is 13.4. The van der Waals surface area contributed by atoms with Crippen LogP contribution in [-0.4, -0.2) is 50.8 Å². The smallest absolute Gasteiger partial charge is 0.386 e. The Balaban J connectivity index is 1.31. The first-order valence-corrected chi connectivity index (χ1v) is 11.0. The van der Waals surface area contributed by atoms with Gasteiger partial charge in [-0.15, -0.1) is 0 Å². The van der Waals surface area contributed by atoms with Crippen molar-refractivity contribution in [1.29, 1.82) is 0 Å². The molecule has 3 aromatic rings. The van der Waals surface area contributed by atoms with E-state index in [9.17, 15) is 27.5 Å². The number of para-hydroxylation sites is 2. The second-order valence-corrected chi connectivity index (χ2v) is 8.54. The third-order valence-corrected chi connectivity index (χ3v) is 5.90. The first-order chi connectivity index (χ1) is 16.1. The number of alkyl halides is 3. The van der Waals surface area contributed by atoms with Crippen molar-refractivity contribution >= 4 is 22.8 Å². The Morgan fingerprint density at radius 3 is 2.74 bits per heavy atom. The van der Waals surface area contributed by atoms with Crippen LogP contribution in [0.2, 0.25) is 0 Å². The number of benzene rings is 1. The molecular formula is C23H25F4N5O2. The van der Waals surface area contributed by atoms with Gasteiger partial charge in [-0.3, -0.25) is 4.79 Å². The van der Waals surface area contributed by atoms with Gasteiger partial charge in [0.2, 0.25) is 11.7 Å². The zero-order valence-corrected chi connectivity index (χ0v) is 18.4. The highest BCUT2D eigenvalue weighted by Gasteiger charge is 2.37. The number of rotatable bonds is 7. The molecule has 1 unspecified atom stereocenters.